The first kappa shape index (κ1) is 12.4. The van der Waals surface area contributed by atoms with E-state index in [0.29, 0.717) is 0 Å². The summed E-state index contributed by atoms with van der Waals surface area (Å²) in [6, 6.07) is 11.7. The summed E-state index contributed by atoms with van der Waals surface area (Å²) in [6.45, 7) is 4.00. The lowest BCUT2D eigenvalue weighted by molar-refractivity contribution is 0.112. The van der Waals surface area contributed by atoms with Crippen LogP contribution in [-0.4, -0.2) is 13.4 Å². The molecule has 0 radical (unpaired) electrons. The van der Waals surface area contributed by atoms with E-state index in [9.17, 15) is 4.79 Å². The number of carbonyl (C=O) groups excluding carboxylic acids is 1. The van der Waals surface area contributed by atoms with Crippen LogP contribution in [0, 0.1) is 13.8 Å². The fourth-order valence-electron chi connectivity index (χ4n) is 2.20. The van der Waals surface area contributed by atoms with Crippen molar-refractivity contribution in [2.75, 3.05) is 7.11 Å². The van der Waals surface area contributed by atoms with Gasteiger partial charge in [-0.3, -0.25) is 4.79 Å². The van der Waals surface area contributed by atoms with Gasteiger partial charge in [0, 0.05) is 5.56 Å². The minimum atomic E-state index is 0.731. The normalized spacial score (nSPS) is 10.2. The molecule has 0 amide bonds. The van der Waals surface area contributed by atoms with Gasteiger partial charge in [-0.2, -0.15) is 0 Å². The van der Waals surface area contributed by atoms with Crippen LogP contribution >= 0.6 is 0 Å². The minimum Gasteiger partial charge on any atom is -0.496 e. The van der Waals surface area contributed by atoms with Gasteiger partial charge >= 0.3 is 0 Å². The van der Waals surface area contributed by atoms with Crippen LogP contribution in [0.4, 0.5) is 0 Å². The van der Waals surface area contributed by atoms with Crippen LogP contribution in [0.15, 0.2) is 36.4 Å². The molecule has 0 unspecified atom stereocenters. The molecule has 2 rings (SSSR count). The second-order valence-corrected chi connectivity index (χ2v) is 4.27. The zero-order chi connectivity index (χ0) is 13.1. The average Bonchev–Trinajstić information content (AvgIpc) is 2.40. The summed E-state index contributed by atoms with van der Waals surface area (Å²) in [6.07, 6.45) is 0.897. The summed E-state index contributed by atoms with van der Waals surface area (Å²) in [5, 5.41) is 0. The summed E-state index contributed by atoms with van der Waals surface area (Å²) < 4.78 is 5.33. The highest BCUT2D eigenvalue weighted by Crippen LogP contribution is 2.32. The number of hydrogen-bond donors (Lipinski definition) is 0. The Balaban J connectivity index is 2.66. The van der Waals surface area contributed by atoms with Crippen molar-refractivity contribution in [2.45, 2.75) is 13.8 Å². The van der Waals surface area contributed by atoms with Crippen LogP contribution in [0.25, 0.3) is 11.1 Å². The van der Waals surface area contributed by atoms with Crippen LogP contribution in [0.1, 0.15) is 21.5 Å². The molecule has 0 aliphatic heterocycles. The zero-order valence-electron chi connectivity index (χ0n) is 10.9. The van der Waals surface area contributed by atoms with E-state index in [1.54, 1.807) is 7.11 Å². The molecule has 18 heavy (non-hydrogen) atoms. The molecule has 0 heterocycles. The summed E-state index contributed by atoms with van der Waals surface area (Å²) >= 11 is 0. The van der Waals surface area contributed by atoms with Crippen molar-refractivity contribution in [1.82, 2.24) is 0 Å². The van der Waals surface area contributed by atoms with Crippen molar-refractivity contribution in [2.24, 2.45) is 0 Å². The average molecular weight is 240 g/mol. The van der Waals surface area contributed by atoms with Gasteiger partial charge in [-0.25, -0.2) is 0 Å². The first-order valence-electron chi connectivity index (χ1n) is 5.87. The molecule has 0 fully saturated rings. The van der Waals surface area contributed by atoms with Gasteiger partial charge in [-0.1, -0.05) is 30.3 Å². The van der Waals surface area contributed by atoms with Gasteiger partial charge < -0.3 is 4.74 Å². The lowest BCUT2D eigenvalue weighted by Gasteiger charge is -2.13. The third-order valence-electron chi connectivity index (χ3n) is 3.30. The maximum Gasteiger partial charge on any atom is 0.150 e. The van der Waals surface area contributed by atoms with Crippen molar-refractivity contribution in [3.05, 3.63) is 53.1 Å². The van der Waals surface area contributed by atoms with Crippen LogP contribution in [0.5, 0.6) is 5.75 Å². The summed E-state index contributed by atoms with van der Waals surface area (Å²) in [7, 11) is 1.67. The predicted octanol–water partition coefficient (Wildman–Crippen LogP) is 3.79. The topological polar surface area (TPSA) is 26.3 Å². The first-order chi connectivity index (χ1) is 8.69. The van der Waals surface area contributed by atoms with E-state index in [4.69, 9.17) is 4.74 Å². The quantitative estimate of drug-likeness (QED) is 0.763. The van der Waals surface area contributed by atoms with Gasteiger partial charge in [0.25, 0.3) is 0 Å². The Morgan fingerprint density at radius 3 is 2.17 bits per heavy atom. The molecule has 92 valence electrons. The SMILES string of the molecule is COc1cccc(-c2cccc(C=O)c2C)c1C. The molecule has 2 aromatic carbocycles. The van der Waals surface area contributed by atoms with Crippen LogP contribution in [-0.2, 0) is 0 Å². The molecular formula is C16H16O2. The number of methoxy groups -OCH3 is 1. The molecule has 0 aromatic heterocycles. The van der Waals surface area contributed by atoms with E-state index in [-0.39, 0.29) is 0 Å². The number of aldehydes is 1. The summed E-state index contributed by atoms with van der Waals surface area (Å²) in [4.78, 5) is 11.0. The fourth-order valence-corrected chi connectivity index (χ4v) is 2.20. The highest BCUT2D eigenvalue weighted by atomic mass is 16.5. The van der Waals surface area contributed by atoms with Crippen LogP contribution < -0.4 is 4.74 Å². The number of carbonyl (C=O) groups is 1. The predicted molar refractivity (Wildman–Crippen MR) is 73.3 cm³/mol. The zero-order valence-corrected chi connectivity index (χ0v) is 10.9. The highest BCUT2D eigenvalue weighted by molar-refractivity contribution is 5.83. The number of hydrogen-bond acceptors (Lipinski definition) is 2. The van der Waals surface area contributed by atoms with Crippen LogP contribution in [0.2, 0.25) is 0 Å². The van der Waals surface area contributed by atoms with Crippen molar-refractivity contribution in [3.8, 4) is 16.9 Å². The highest BCUT2D eigenvalue weighted by Gasteiger charge is 2.10. The van der Waals surface area contributed by atoms with E-state index in [2.05, 4.69) is 6.07 Å². The van der Waals surface area contributed by atoms with E-state index in [1.165, 1.54) is 0 Å². The molecule has 0 atom stereocenters. The van der Waals surface area contributed by atoms with Gasteiger partial charge in [0.2, 0.25) is 0 Å². The van der Waals surface area contributed by atoms with Gasteiger partial charge in [-0.15, -0.1) is 0 Å². The minimum absolute atomic E-state index is 0.731. The molecule has 0 saturated heterocycles. The Morgan fingerprint density at radius 2 is 1.56 bits per heavy atom. The lowest BCUT2D eigenvalue weighted by Crippen LogP contribution is -1.94. The molecule has 0 aliphatic carbocycles. The maximum atomic E-state index is 11.0. The molecule has 0 spiro atoms. The molecule has 2 nitrogen and oxygen atoms in total. The van der Waals surface area contributed by atoms with Gasteiger partial charge in [0.1, 0.15) is 12.0 Å². The smallest absolute Gasteiger partial charge is 0.150 e. The number of rotatable bonds is 3. The second-order valence-electron chi connectivity index (χ2n) is 4.27. The molecular weight excluding hydrogens is 224 g/mol. The summed E-state index contributed by atoms with van der Waals surface area (Å²) in [5.74, 6) is 0.864. The molecule has 0 saturated carbocycles. The Labute approximate surface area is 107 Å². The molecule has 2 aromatic rings. The van der Waals surface area contributed by atoms with Crippen molar-refractivity contribution < 1.29 is 9.53 Å². The molecule has 0 aliphatic rings. The van der Waals surface area contributed by atoms with E-state index >= 15 is 0 Å². The molecule has 0 N–H and O–H groups in total. The lowest BCUT2D eigenvalue weighted by atomic mass is 9.93. The maximum absolute atomic E-state index is 11.0. The largest absolute Gasteiger partial charge is 0.496 e. The molecule has 0 bridgehead atoms. The number of benzene rings is 2. The van der Waals surface area contributed by atoms with E-state index in [0.717, 1.165) is 39.9 Å². The monoisotopic (exact) mass is 240 g/mol. The second kappa shape index (κ2) is 5.05. The third-order valence-corrected chi connectivity index (χ3v) is 3.30. The van der Waals surface area contributed by atoms with Crippen LogP contribution in [0.3, 0.4) is 0 Å². The van der Waals surface area contributed by atoms with Gasteiger partial charge in [-0.05, 0) is 42.2 Å². The summed E-state index contributed by atoms with van der Waals surface area (Å²) in [5.41, 5.74) is 5.01. The third kappa shape index (κ3) is 2.02. The Bertz CT molecular complexity index is 586. The van der Waals surface area contributed by atoms with E-state index < -0.39 is 0 Å². The van der Waals surface area contributed by atoms with Gasteiger partial charge in [0.15, 0.2) is 0 Å². The Hall–Kier alpha value is -2.09. The van der Waals surface area contributed by atoms with E-state index in [1.807, 2.05) is 44.2 Å². The van der Waals surface area contributed by atoms with Gasteiger partial charge in [0.05, 0.1) is 7.11 Å². The first-order valence-corrected chi connectivity index (χ1v) is 5.87. The van der Waals surface area contributed by atoms with Crippen molar-refractivity contribution in [3.63, 3.8) is 0 Å². The Morgan fingerprint density at radius 1 is 0.944 bits per heavy atom. The van der Waals surface area contributed by atoms with Crippen molar-refractivity contribution in [1.29, 1.82) is 0 Å². The fraction of sp³-hybridized carbons (Fsp3) is 0.188. The molecule has 2 heteroatoms. The Kier molecular flexibility index (Phi) is 3.47. The standard InChI is InChI=1S/C16H16O2/c1-11-13(10-17)6-4-7-14(11)15-8-5-9-16(18-3)12(15)2/h4-10H,1-3H3. The number of ether oxygens (including phenoxy) is 1. The van der Waals surface area contributed by atoms with Crippen molar-refractivity contribution >= 4 is 6.29 Å².